The van der Waals surface area contributed by atoms with Crippen LogP contribution >= 0.6 is 12.4 Å². The van der Waals surface area contributed by atoms with Crippen molar-refractivity contribution in [1.82, 2.24) is 9.97 Å². The number of aromatic nitrogens is 2. The van der Waals surface area contributed by atoms with Gasteiger partial charge in [-0.15, -0.1) is 12.4 Å². The minimum Gasteiger partial charge on any atom is -0.348 e. The largest absolute Gasteiger partial charge is 0.348 e. The fourth-order valence-corrected chi connectivity index (χ4v) is 1.39. The summed E-state index contributed by atoms with van der Waals surface area (Å²) in [5, 5.41) is 0. The van der Waals surface area contributed by atoms with Gasteiger partial charge in [0, 0.05) is 18.3 Å². The van der Waals surface area contributed by atoms with E-state index in [1.54, 1.807) is 6.33 Å². The zero-order valence-corrected chi connectivity index (χ0v) is 8.84. The zero-order chi connectivity index (χ0) is 9.10. The highest BCUT2D eigenvalue weighted by Crippen LogP contribution is 2.10. The van der Waals surface area contributed by atoms with Crippen LogP contribution in [0.5, 0.6) is 0 Å². The summed E-state index contributed by atoms with van der Waals surface area (Å²) in [6.07, 6.45) is 4.52. The van der Waals surface area contributed by atoms with Crippen LogP contribution in [-0.4, -0.2) is 9.97 Å². The minimum absolute atomic E-state index is 0. The fraction of sp³-hybridized carbons (Fsp3) is 0.182. The number of hydrogen-bond acceptors (Lipinski definition) is 1. The van der Waals surface area contributed by atoms with Gasteiger partial charge in [0.05, 0.1) is 6.33 Å². The van der Waals surface area contributed by atoms with Gasteiger partial charge in [-0.1, -0.05) is 24.3 Å². The summed E-state index contributed by atoms with van der Waals surface area (Å²) in [6.45, 7) is 2.13. The maximum absolute atomic E-state index is 3.99. The van der Waals surface area contributed by atoms with Gasteiger partial charge in [-0.3, -0.25) is 0 Å². The molecule has 0 atom stereocenters. The lowest BCUT2D eigenvalue weighted by Gasteiger charge is -2.02. The highest BCUT2D eigenvalue weighted by molar-refractivity contribution is 5.85. The van der Waals surface area contributed by atoms with Crippen molar-refractivity contribution >= 4 is 12.4 Å². The van der Waals surface area contributed by atoms with Crippen molar-refractivity contribution in [1.29, 1.82) is 0 Å². The molecule has 0 amide bonds. The Bertz CT molecular complexity index is 382. The quantitative estimate of drug-likeness (QED) is 0.808. The third-order valence-corrected chi connectivity index (χ3v) is 2.20. The van der Waals surface area contributed by atoms with Gasteiger partial charge in [-0.25, -0.2) is 4.98 Å². The number of benzene rings is 1. The van der Waals surface area contributed by atoms with Crippen LogP contribution in [0.2, 0.25) is 0 Å². The molecule has 0 bridgehead atoms. The van der Waals surface area contributed by atoms with Crippen molar-refractivity contribution < 1.29 is 0 Å². The highest BCUT2D eigenvalue weighted by atomic mass is 35.5. The molecule has 3 heteroatoms. The van der Waals surface area contributed by atoms with E-state index < -0.39 is 0 Å². The molecule has 14 heavy (non-hydrogen) atoms. The number of hydrogen-bond donors (Lipinski definition) is 1. The molecular formula is C11H13ClN2. The van der Waals surface area contributed by atoms with E-state index >= 15 is 0 Å². The monoisotopic (exact) mass is 208 g/mol. The van der Waals surface area contributed by atoms with E-state index in [2.05, 4.69) is 41.2 Å². The number of imidazole rings is 1. The van der Waals surface area contributed by atoms with Crippen LogP contribution in [0.25, 0.3) is 0 Å². The van der Waals surface area contributed by atoms with Gasteiger partial charge in [-0.2, -0.15) is 0 Å². The fourth-order valence-electron chi connectivity index (χ4n) is 1.39. The van der Waals surface area contributed by atoms with E-state index in [-0.39, 0.29) is 12.4 Å². The first-order valence-electron chi connectivity index (χ1n) is 4.38. The van der Waals surface area contributed by atoms with Crippen molar-refractivity contribution in [2.24, 2.45) is 0 Å². The van der Waals surface area contributed by atoms with E-state index in [4.69, 9.17) is 0 Å². The number of aryl methyl sites for hydroxylation is 1. The van der Waals surface area contributed by atoms with Crippen LogP contribution in [0.4, 0.5) is 0 Å². The second-order valence-corrected chi connectivity index (χ2v) is 3.18. The molecule has 0 saturated heterocycles. The summed E-state index contributed by atoms with van der Waals surface area (Å²) >= 11 is 0. The standard InChI is InChI=1S/C11H12N2.ClH/c1-9-4-2-3-5-10(9)6-11-7-12-8-13-11;/h2-5,7-8H,6H2,1H3,(H,12,13);1H. The SMILES string of the molecule is Cc1ccccc1Cc1cnc[nH]1.Cl. The Morgan fingerprint density at radius 3 is 2.71 bits per heavy atom. The summed E-state index contributed by atoms with van der Waals surface area (Å²) in [4.78, 5) is 7.09. The molecule has 0 saturated carbocycles. The Balaban J connectivity index is 0.000000980. The van der Waals surface area contributed by atoms with Crippen LogP contribution in [0.15, 0.2) is 36.8 Å². The van der Waals surface area contributed by atoms with Crippen LogP contribution in [0.3, 0.4) is 0 Å². The Morgan fingerprint density at radius 2 is 2.07 bits per heavy atom. The lowest BCUT2D eigenvalue weighted by atomic mass is 10.0. The summed E-state index contributed by atoms with van der Waals surface area (Å²) in [5.74, 6) is 0. The first kappa shape index (κ1) is 10.8. The van der Waals surface area contributed by atoms with Crippen LogP contribution in [0, 0.1) is 6.92 Å². The molecule has 0 unspecified atom stereocenters. The molecule has 1 aromatic heterocycles. The first-order valence-corrected chi connectivity index (χ1v) is 4.38. The Morgan fingerprint density at radius 1 is 1.29 bits per heavy atom. The van der Waals surface area contributed by atoms with Gasteiger partial charge in [0.2, 0.25) is 0 Å². The van der Waals surface area contributed by atoms with Crippen LogP contribution in [-0.2, 0) is 6.42 Å². The van der Waals surface area contributed by atoms with Gasteiger partial charge in [0.15, 0.2) is 0 Å². The number of H-pyrrole nitrogens is 1. The maximum Gasteiger partial charge on any atom is 0.0921 e. The molecule has 1 heterocycles. The third-order valence-electron chi connectivity index (χ3n) is 2.20. The molecule has 0 fully saturated rings. The third kappa shape index (κ3) is 2.36. The first-order chi connectivity index (χ1) is 6.36. The van der Waals surface area contributed by atoms with Gasteiger partial charge < -0.3 is 4.98 Å². The van der Waals surface area contributed by atoms with Crippen molar-refractivity contribution in [3.63, 3.8) is 0 Å². The Labute approximate surface area is 89.8 Å². The molecule has 0 radical (unpaired) electrons. The minimum atomic E-state index is 0. The van der Waals surface area contributed by atoms with Gasteiger partial charge in [0.25, 0.3) is 0 Å². The lowest BCUT2D eigenvalue weighted by molar-refractivity contribution is 1.09. The number of aromatic amines is 1. The number of nitrogens with zero attached hydrogens (tertiary/aromatic N) is 1. The predicted octanol–water partition coefficient (Wildman–Crippen LogP) is 2.73. The summed E-state index contributed by atoms with van der Waals surface area (Å²) in [7, 11) is 0. The smallest absolute Gasteiger partial charge is 0.0921 e. The molecule has 0 aliphatic rings. The summed E-state index contributed by atoms with van der Waals surface area (Å²) < 4.78 is 0. The normalized spacial score (nSPS) is 9.50. The van der Waals surface area contributed by atoms with Gasteiger partial charge in [-0.05, 0) is 18.1 Å². The number of halogens is 1. The van der Waals surface area contributed by atoms with E-state index in [0.29, 0.717) is 0 Å². The van der Waals surface area contributed by atoms with Gasteiger partial charge >= 0.3 is 0 Å². The molecule has 2 nitrogen and oxygen atoms in total. The highest BCUT2D eigenvalue weighted by Gasteiger charge is 1.99. The van der Waals surface area contributed by atoms with Crippen LogP contribution < -0.4 is 0 Å². The Hall–Kier alpha value is -1.28. The molecule has 74 valence electrons. The summed E-state index contributed by atoms with van der Waals surface area (Å²) in [6, 6.07) is 8.41. The molecule has 1 N–H and O–H groups in total. The van der Waals surface area contributed by atoms with E-state index in [1.807, 2.05) is 6.20 Å². The van der Waals surface area contributed by atoms with E-state index in [9.17, 15) is 0 Å². The molecular weight excluding hydrogens is 196 g/mol. The lowest BCUT2D eigenvalue weighted by Crippen LogP contribution is -1.90. The van der Waals surface area contributed by atoms with Crippen LogP contribution in [0.1, 0.15) is 16.8 Å². The van der Waals surface area contributed by atoms with E-state index in [0.717, 1.165) is 12.1 Å². The van der Waals surface area contributed by atoms with E-state index in [1.165, 1.54) is 11.1 Å². The molecule has 2 aromatic rings. The Kier molecular flexibility index (Phi) is 3.72. The maximum atomic E-state index is 3.99. The second kappa shape index (κ2) is 4.82. The summed E-state index contributed by atoms with van der Waals surface area (Å²) in [5.41, 5.74) is 3.85. The van der Waals surface area contributed by atoms with Crippen molar-refractivity contribution in [3.05, 3.63) is 53.6 Å². The van der Waals surface area contributed by atoms with Gasteiger partial charge in [0.1, 0.15) is 0 Å². The molecule has 0 spiro atoms. The average Bonchev–Trinajstić information content (AvgIpc) is 2.61. The molecule has 2 rings (SSSR count). The topological polar surface area (TPSA) is 28.7 Å². The number of rotatable bonds is 2. The zero-order valence-electron chi connectivity index (χ0n) is 8.03. The predicted molar refractivity (Wildman–Crippen MR) is 59.8 cm³/mol. The second-order valence-electron chi connectivity index (χ2n) is 3.18. The van der Waals surface area contributed by atoms with Crippen molar-refractivity contribution in [2.45, 2.75) is 13.3 Å². The average molecular weight is 209 g/mol. The molecule has 1 aromatic carbocycles. The molecule has 0 aliphatic heterocycles. The van der Waals surface area contributed by atoms with Crippen molar-refractivity contribution in [3.8, 4) is 0 Å². The molecule has 0 aliphatic carbocycles. The number of nitrogens with one attached hydrogen (secondary N) is 1. The van der Waals surface area contributed by atoms with Crippen molar-refractivity contribution in [2.75, 3.05) is 0 Å².